The van der Waals surface area contributed by atoms with Gasteiger partial charge in [0.25, 0.3) is 0 Å². The Kier molecular flexibility index (Phi) is 21.6. The van der Waals surface area contributed by atoms with E-state index in [1.54, 1.807) is 0 Å². The van der Waals surface area contributed by atoms with Gasteiger partial charge in [-0.05, 0) is 6.54 Å². The van der Waals surface area contributed by atoms with Crippen LogP contribution in [-0.4, -0.2) is 45.8 Å². The number of hydrogen-bond acceptors (Lipinski definition) is 4. The maximum Gasteiger partial charge on any atom is 0.00772 e. The van der Waals surface area contributed by atoms with Crippen LogP contribution >= 0.6 is 0 Å². The smallest absolute Gasteiger partial charge is 0.00772 e. The van der Waals surface area contributed by atoms with Crippen molar-refractivity contribution in [2.24, 2.45) is 5.73 Å². The zero-order valence-corrected chi connectivity index (χ0v) is 10.0. The van der Waals surface area contributed by atoms with Crippen LogP contribution in [0.4, 0.5) is 0 Å². The minimum absolute atomic E-state index is 0.720. The number of nitrogens with one attached hydrogen (secondary N) is 3. The van der Waals surface area contributed by atoms with E-state index in [-0.39, 0.29) is 0 Å². The molecule has 0 bridgehead atoms. The quantitative estimate of drug-likeness (QED) is 0.392. The van der Waals surface area contributed by atoms with E-state index in [4.69, 9.17) is 5.73 Å². The molecule has 4 heteroatoms. The van der Waals surface area contributed by atoms with Gasteiger partial charge in [0, 0.05) is 39.3 Å². The summed E-state index contributed by atoms with van der Waals surface area (Å²) in [5.41, 5.74) is 5.32. The summed E-state index contributed by atoms with van der Waals surface area (Å²) >= 11 is 0. The molecule has 0 aliphatic carbocycles. The van der Waals surface area contributed by atoms with Crippen LogP contribution in [0.1, 0.15) is 20.8 Å². The van der Waals surface area contributed by atoms with Crippen LogP contribution in [0.3, 0.4) is 0 Å². The average Bonchev–Trinajstić information content (AvgIpc) is 2.25. The molecule has 14 heavy (non-hydrogen) atoms. The Morgan fingerprint density at radius 1 is 0.786 bits per heavy atom. The average molecular weight is 204 g/mol. The molecule has 0 radical (unpaired) electrons. The van der Waals surface area contributed by atoms with E-state index < -0.39 is 0 Å². The summed E-state index contributed by atoms with van der Waals surface area (Å²) in [6.07, 6.45) is 0. The molecule has 0 aliphatic rings. The van der Waals surface area contributed by atoms with Crippen molar-refractivity contribution in [3.8, 4) is 0 Å². The van der Waals surface area contributed by atoms with E-state index >= 15 is 0 Å². The molecule has 0 atom stereocenters. The second-order valence-electron chi connectivity index (χ2n) is 2.64. The lowest BCUT2D eigenvalue weighted by Gasteiger charge is -2.05. The molecular formula is C10H28N4. The van der Waals surface area contributed by atoms with Crippen molar-refractivity contribution < 1.29 is 0 Å². The summed E-state index contributed by atoms with van der Waals surface area (Å²) < 4.78 is 0. The van der Waals surface area contributed by atoms with Gasteiger partial charge in [-0.15, -0.1) is 0 Å². The predicted octanol–water partition coefficient (Wildman–Crippen LogP) is -0.240. The lowest BCUT2D eigenvalue weighted by Crippen LogP contribution is -2.34. The minimum Gasteiger partial charge on any atom is -0.329 e. The molecule has 0 aromatic carbocycles. The van der Waals surface area contributed by atoms with Gasteiger partial charge in [-0.1, -0.05) is 20.8 Å². The highest BCUT2D eigenvalue weighted by Crippen LogP contribution is 1.60. The summed E-state index contributed by atoms with van der Waals surface area (Å²) in [6.45, 7) is 12.9. The van der Waals surface area contributed by atoms with Crippen molar-refractivity contribution in [3.63, 3.8) is 0 Å². The van der Waals surface area contributed by atoms with Crippen LogP contribution in [0.15, 0.2) is 0 Å². The molecular weight excluding hydrogens is 176 g/mol. The van der Waals surface area contributed by atoms with Crippen molar-refractivity contribution >= 4 is 0 Å². The summed E-state index contributed by atoms with van der Waals surface area (Å²) in [4.78, 5) is 0. The van der Waals surface area contributed by atoms with E-state index in [0.717, 1.165) is 45.8 Å². The first kappa shape index (κ1) is 16.3. The van der Waals surface area contributed by atoms with Gasteiger partial charge >= 0.3 is 0 Å². The van der Waals surface area contributed by atoms with Gasteiger partial charge in [0.15, 0.2) is 0 Å². The van der Waals surface area contributed by atoms with Crippen LogP contribution in [0.5, 0.6) is 0 Å². The Labute approximate surface area is 89.0 Å². The van der Waals surface area contributed by atoms with Crippen molar-refractivity contribution in [2.45, 2.75) is 20.8 Å². The fraction of sp³-hybridized carbons (Fsp3) is 1.00. The maximum atomic E-state index is 5.32. The fourth-order valence-corrected chi connectivity index (χ4v) is 0.882. The summed E-state index contributed by atoms with van der Waals surface area (Å²) in [5.74, 6) is 0. The van der Waals surface area contributed by atoms with E-state index in [9.17, 15) is 0 Å². The van der Waals surface area contributed by atoms with Gasteiger partial charge in [-0.2, -0.15) is 0 Å². The van der Waals surface area contributed by atoms with E-state index in [2.05, 4.69) is 22.9 Å². The van der Waals surface area contributed by atoms with Crippen LogP contribution in [-0.2, 0) is 0 Å². The van der Waals surface area contributed by atoms with Gasteiger partial charge in [0.1, 0.15) is 0 Å². The molecule has 0 aromatic rings. The molecule has 0 unspecified atom stereocenters. The monoisotopic (exact) mass is 204 g/mol. The largest absolute Gasteiger partial charge is 0.329 e. The molecule has 5 N–H and O–H groups in total. The third-order valence-electron chi connectivity index (χ3n) is 1.53. The van der Waals surface area contributed by atoms with E-state index in [1.165, 1.54) is 0 Å². The van der Waals surface area contributed by atoms with Crippen molar-refractivity contribution in [1.82, 2.24) is 16.0 Å². The Balaban J connectivity index is 0. The highest BCUT2D eigenvalue weighted by atomic mass is 15.0. The lowest BCUT2D eigenvalue weighted by atomic mass is 10.5. The molecule has 88 valence electrons. The first-order chi connectivity index (χ1) is 6.91. The van der Waals surface area contributed by atoms with Gasteiger partial charge in [0.05, 0.1) is 0 Å². The topological polar surface area (TPSA) is 62.1 Å². The van der Waals surface area contributed by atoms with Crippen molar-refractivity contribution in [2.75, 3.05) is 45.8 Å². The summed E-state index contributed by atoms with van der Waals surface area (Å²) in [5, 5.41) is 9.78. The minimum atomic E-state index is 0.720. The third kappa shape index (κ3) is 17.8. The molecule has 0 heterocycles. The third-order valence-corrected chi connectivity index (χ3v) is 1.53. The van der Waals surface area contributed by atoms with Gasteiger partial charge in [-0.3, -0.25) is 0 Å². The molecule has 0 spiro atoms. The first-order valence-corrected chi connectivity index (χ1v) is 5.74. The van der Waals surface area contributed by atoms with Crippen molar-refractivity contribution in [1.29, 1.82) is 0 Å². The Bertz CT molecular complexity index is 68.5. The molecule has 0 aromatic heterocycles. The standard InChI is InChI=1S/C8H22N4.C2H6/c1-2-10-5-6-12-8-7-11-4-3-9;1-2/h10-12H,2-9H2,1H3;1-2H3. The molecule has 0 saturated carbocycles. The predicted molar refractivity (Wildman–Crippen MR) is 64.7 cm³/mol. The summed E-state index contributed by atoms with van der Waals surface area (Å²) in [7, 11) is 0. The Morgan fingerprint density at radius 3 is 1.64 bits per heavy atom. The van der Waals surface area contributed by atoms with E-state index in [0.29, 0.717) is 0 Å². The van der Waals surface area contributed by atoms with Crippen LogP contribution < -0.4 is 21.7 Å². The van der Waals surface area contributed by atoms with Crippen molar-refractivity contribution in [3.05, 3.63) is 0 Å². The van der Waals surface area contributed by atoms with Gasteiger partial charge in [-0.25, -0.2) is 0 Å². The number of hydrogen-bond donors (Lipinski definition) is 4. The molecule has 0 fully saturated rings. The van der Waals surface area contributed by atoms with E-state index in [1.807, 2.05) is 13.8 Å². The maximum absolute atomic E-state index is 5.32. The zero-order chi connectivity index (χ0) is 11.1. The second-order valence-corrected chi connectivity index (χ2v) is 2.64. The molecule has 4 nitrogen and oxygen atoms in total. The first-order valence-electron chi connectivity index (χ1n) is 5.74. The van der Waals surface area contributed by atoms with Gasteiger partial charge < -0.3 is 21.7 Å². The normalized spacial score (nSPS) is 9.43. The Morgan fingerprint density at radius 2 is 1.21 bits per heavy atom. The number of likely N-dealkylation sites (N-methyl/N-ethyl adjacent to an activating group) is 1. The SMILES string of the molecule is CC.CCNCCNCCNCCN. The number of nitrogens with two attached hydrogens (primary N) is 1. The molecule has 0 amide bonds. The molecule has 0 saturated heterocycles. The fourth-order valence-electron chi connectivity index (χ4n) is 0.882. The summed E-state index contributed by atoms with van der Waals surface area (Å²) in [6, 6.07) is 0. The highest BCUT2D eigenvalue weighted by Gasteiger charge is 1.86. The van der Waals surface area contributed by atoms with Crippen LogP contribution in [0.25, 0.3) is 0 Å². The lowest BCUT2D eigenvalue weighted by molar-refractivity contribution is 0.590. The van der Waals surface area contributed by atoms with Crippen LogP contribution in [0, 0.1) is 0 Å². The van der Waals surface area contributed by atoms with Crippen LogP contribution in [0.2, 0.25) is 0 Å². The molecule has 0 rings (SSSR count). The Hall–Kier alpha value is -0.160. The highest BCUT2D eigenvalue weighted by molar-refractivity contribution is 4.53. The second kappa shape index (κ2) is 18.6. The number of rotatable bonds is 9. The van der Waals surface area contributed by atoms with Gasteiger partial charge in [0.2, 0.25) is 0 Å². The molecule has 0 aliphatic heterocycles. The zero-order valence-electron chi connectivity index (χ0n) is 10.0.